The summed E-state index contributed by atoms with van der Waals surface area (Å²) in [6.45, 7) is 2.50. The van der Waals surface area contributed by atoms with Gasteiger partial charge < -0.3 is 9.47 Å². The first kappa shape index (κ1) is 25.5. The molecule has 0 unspecified atom stereocenters. The molecule has 35 heavy (non-hydrogen) atoms. The van der Waals surface area contributed by atoms with Crippen molar-refractivity contribution >= 4 is 11.8 Å². The van der Waals surface area contributed by atoms with Crippen LogP contribution in [0.4, 0.5) is 26.3 Å². The maximum atomic E-state index is 12.8. The largest absolute Gasteiger partial charge is 0.433 e. The van der Waals surface area contributed by atoms with Crippen molar-refractivity contribution in [3.8, 4) is 11.4 Å². The van der Waals surface area contributed by atoms with E-state index in [0.29, 0.717) is 16.5 Å². The summed E-state index contributed by atoms with van der Waals surface area (Å²) < 4.78 is 78.2. The lowest BCUT2D eigenvalue weighted by Gasteiger charge is -2.16. The maximum Gasteiger partial charge on any atom is 0.433 e. The van der Waals surface area contributed by atoms with Crippen LogP contribution in [0.3, 0.4) is 0 Å². The van der Waals surface area contributed by atoms with E-state index in [0.717, 1.165) is 62.0 Å². The highest BCUT2D eigenvalue weighted by molar-refractivity contribution is 7.99. The fraction of sp³-hybridized carbons (Fsp3) is 0.435. The average molecular weight is 516 g/mol. The first-order valence-electron chi connectivity index (χ1n) is 11.0. The van der Waals surface area contributed by atoms with Gasteiger partial charge >= 0.3 is 12.4 Å². The van der Waals surface area contributed by atoms with Gasteiger partial charge in [-0.3, -0.25) is 4.98 Å². The van der Waals surface area contributed by atoms with Crippen molar-refractivity contribution in [2.24, 2.45) is 7.05 Å². The van der Waals surface area contributed by atoms with Crippen LogP contribution in [0.5, 0.6) is 0 Å². The van der Waals surface area contributed by atoms with E-state index in [-0.39, 0.29) is 5.92 Å². The Kier molecular flexibility index (Phi) is 7.41. The molecule has 4 rings (SSSR count). The van der Waals surface area contributed by atoms with Gasteiger partial charge in [-0.1, -0.05) is 30.0 Å². The average Bonchev–Trinajstić information content (AvgIpc) is 3.43. The smallest absolute Gasteiger partial charge is 0.305 e. The minimum absolute atomic E-state index is 0.169. The van der Waals surface area contributed by atoms with E-state index < -0.39 is 23.6 Å². The first-order valence-corrected chi connectivity index (χ1v) is 12.0. The lowest BCUT2D eigenvalue weighted by atomic mass is 10.0. The van der Waals surface area contributed by atoms with Gasteiger partial charge in [-0.05, 0) is 55.6 Å². The number of likely N-dealkylation sites (tertiary alicyclic amines) is 1. The third-order valence-electron chi connectivity index (χ3n) is 5.98. The Bertz CT molecular complexity index is 1130. The Hall–Kier alpha value is -2.60. The van der Waals surface area contributed by atoms with Gasteiger partial charge in [0.2, 0.25) is 0 Å². The molecule has 5 nitrogen and oxygen atoms in total. The van der Waals surface area contributed by atoms with E-state index in [2.05, 4.69) is 20.1 Å². The number of thioether (sulfide) groups is 1. The van der Waals surface area contributed by atoms with Gasteiger partial charge in [0.05, 0.1) is 5.56 Å². The number of halogens is 6. The van der Waals surface area contributed by atoms with Crippen molar-refractivity contribution in [1.29, 1.82) is 0 Å². The highest BCUT2D eigenvalue weighted by Gasteiger charge is 2.33. The number of hydrogen-bond donors (Lipinski definition) is 0. The number of alkyl halides is 6. The van der Waals surface area contributed by atoms with Crippen LogP contribution in [0.15, 0.2) is 47.8 Å². The molecule has 0 N–H and O–H groups in total. The van der Waals surface area contributed by atoms with Crippen LogP contribution in [0.25, 0.3) is 11.4 Å². The fourth-order valence-corrected chi connectivity index (χ4v) is 4.91. The zero-order chi connectivity index (χ0) is 25.2. The molecule has 3 heterocycles. The Morgan fingerprint density at radius 3 is 2.34 bits per heavy atom. The van der Waals surface area contributed by atoms with E-state index >= 15 is 0 Å². The molecular formula is C23H23F6N5S. The molecule has 0 saturated carbocycles. The van der Waals surface area contributed by atoms with E-state index in [4.69, 9.17) is 0 Å². The van der Waals surface area contributed by atoms with Crippen LogP contribution in [0.1, 0.15) is 35.6 Å². The Labute approximate surface area is 202 Å². The van der Waals surface area contributed by atoms with Crippen LogP contribution in [0.2, 0.25) is 0 Å². The third-order valence-corrected chi connectivity index (χ3v) is 7.08. The molecule has 3 aromatic rings. The second-order valence-electron chi connectivity index (χ2n) is 8.40. The molecule has 1 aliphatic heterocycles. The van der Waals surface area contributed by atoms with Crippen LogP contribution in [-0.4, -0.2) is 50.0 Å². The van der Waals surface area contributed by atoms with Crippen molar-refractivity contribution in [2.45, 2.75) is 36.3 Å². The molecule has 2 aromatic heterocycles. The SMILES string of the molecule is Cn1c(SCCCN2CC[C@@H](c3ccc(C(F)(F)F)nc3)C2)nnc1-c1ccc(C(F)(F)F)cc1. The highest BCUT2D eigenvalue weighted by atomic mass is 32.2. The molecule has 1 saturated heterocycles. The number of hydrogen-bond acceptors (Lipinski definition) is 5. The molecule has 1 fully saturated rings. The molecule has 1 atom stereocenters. The maximum absolute atomic E-state index is 12.8. The highest BCUT2D eigenvalue weighted by Crippen LogP contribution is 2.32. The van der Waals surface area contributed by atoms with E-state index in [1.165, 1.54) is 36.2 Å². The molecule has 0 bridgehead atoms. The number of rotatable bonds is 7. The normalized spacial score (nSPS) is 17.3. The van der Waals surface area contributed by atoms with Gasteiger partial charge in [0, 0.05) is 31.1 Å². The third kappa shape index (κ3) is 6.16. The minimum Gasteiger partial charge on any atom is -0.305 e. The quantitative estimate of drug-likeness (QED) is 0.223. The van der Waals surface area contributed by atoms with Crippen molar-refractivity contribution in [3.63, 3.8) is 0 Å². The molecule has 0 radical (unpaired) electrons. The lowest BCUT2D eigenvalue weighted by Crippen LogP contribution is -2.22. The van der Waals surface area contributed by atoms with Gasteiger partial charge in [0.15, 0.2) is 11.0 Å². The van der Waals surface area contributed by atoms with Crippen molar-refractivity contribution in [1.82, 2.24) is 24.6 Å². The Morgan fingerprint density at radius 2 is 1.71 bits per heavy atom. The Morgan fingerprint density at radius 1 is 0.971 bits per heavy atom. The fourth-order valence-electron chi connectivity index (χ4n) is 4.07. The van der Waals surface area contributed by atoms with E-state index in [9.17, 15) is 26.3 Å². The van der Waals surface area contributed by atoms with Crippen molar-refractivity contribution in [2.75, 3.05) is 25.4 Å². The van der Waals surface area contributed by atoms with Crippen LogP contribution >= 0.6 is 11.8 Å². The van der Waals surface area contributed by atoms with Crippen LogP contribution < -0.4 is 0 Å². The van der Waals surface area contributed by atoms with Gasteiger partial charge in [0.25, 0.3) is 0 Å². The second-order valence-corrected chi connectivity index (χ2v) is 9.47. The molecule has 188 valence electrons. The molecule has 1 aromatic carbocycles. The predicted octanol–water partition coefficient (Wildman–Crippen LogP) is 5.89. The summed E-state index contributed by atoms with van der Waals surface area (Å²) in [4.78, 5) is 5.85. The Balaban J connectivity index is 1.24. The summed E-state index contributed by atoms with van der Waals surface area (Å²) >= 11 is 1.52. The summed E-state index contributed by atoms with van der Waals surface area (Å²) in [7, 11) is 1.78. The number of aromatic nitrogens is 4. The van der Waals surface area contributed by atoms with Crippen LogP contribution in [0, 0.1) is 0 Å². The molecule has 0 amide bonds. The summed E-state index contributed by atoms with van der Waals surface area (Å²) in [5.74, 6) is 1.44. The van der Waals surface area contributed by atoms with Crippen molar-refractivity contribution in [3.05, 3.63) is 59.4 Å². The van der Waals surface area contributed by atoms with Gasteiger partial charge in [0.1, 0.15) is 5.69 Å². The number of nitrogens with zero attached hydrogens (tertiary/aromatic N) is 5. The monoisotopic (exact) mass is 515 g/mol. The zero-order valence-electron chi connectivity index (χ0n) is 18.8. The number of benzene rings is 1. The summed E-state index contributed by atoms with van der Waals surface area (Å²) in [5, 5.41) is 8.96. The van der Waals surface area contributed by atoms with Gasteiger partial charge in [-0.25, -0.2) is 0 Å². The van der Waals surface area contributed by atoms with Crippen molar-refractivity contribution < 1.29 is 26.3 Å². The molecule has 1 aliphatic rings. The van der Waals surface area contributed by atoms with E-state index in [1.54, 1.807) is 11.6 Å². The summed E-state index contributed by atoms with van der Waals surface area (Å²) in [6, 6.07) is 7.38. The minimum atomic E-state index is -4.43. The van der Waals surface area contributed by atoms with Gasteiger partial charge in [-0.2, -0.15) is 26.3 Å². The topological polar surface area (TPSA) is 46.8 Å². The molecule has 0 spiro atoms. The number of pyridine rings is 1. The standard InChI is InChI=1S/C23H23F6N5S/c1-33-20(15-3-6-18(7-4-15)22(24,25)26)31-32-21(33)35-12-2-10-34-11-9-17(14-34)16-5-8-19(30-13-16)23(27,28)29/h3-8,13,17H,2,9-12,14H2,1H3/t17-/m1/s1. The summed E-state index contributed by atoms with van der Waals surface area (Å²) in [6.07, 6.45) is -5.73. The molecule has 0 aliphatic carbocycles. The molecule has 12 heteroatoms. The van der Waals surface area contributed by atoms with Crippen LogP contribution in [-0.2, 0) is 19.4 Å². The van der Waals surface area contributed by atoms with E-state index in [1.807, 2.05) is 0 Å². The zero-order valence-corrected chi connectivity index (χ0v) is 19.6. The first-order chi connectivity index (χ1) is 16.5. The van der Waals surface area contributed by atoms with Gasteiger partial charge in [-0.15, -0.1) is 10.2 Å². The molecular weight excluding hydrogens is 492 g/mol. The second kappa shape index (κ2) is 10.2. The summed E-state index contributed by atoms with van der Waals surface area (Å²) in [5.41, 5.74) is -0.208. The predicted molar refractivity (Wildman–Crippen MR) is 120 cm³/mol. The lowest BCUT2D eigenvalue weighted by molar-refractivity contribution is -0.141.